The maximum absolute atomic E-state index is 4.20. The van der Waals surface area contributed by atoms with Crippen LogP contribution in [0.2, 0.25) is 0 Å². The van der Waals surface area contributed by atoms with Gasteiger partial charge in [-0.05, 0) is 43.8 Å². The van der Waals surface area contributed by atoms with E-state index in [-0.39, 0.29) is 0 Å². The van der Waals surface area contributed by atoms with E-state index in [0.717, 1.165) is 12.3 Å². The van der Waals surface area contributed by atoms with Crippen molar-refractivity contribution in [2.45, 2.75) is 19.3 Å². The number of likely N-dealkylation sites (tertiary alicyclic amines) is 1. The lowest BCUT2D eigenvalue weighted by atomic mass is 9.99. The maximum Gasteiger partial charge on any atom is 0.0522 e. The average Bonchev–Trinajstić information content (AvgIpc) is 2.73. The molecule has 0 saturated carbocycles. The molecule has 0 aromatic carbocycles. The van der Waals surface area contributed by atoms with Crippen molar-refractivity contribution in [3.8, 4) is 0 Å². The zero-order valence-corrected chi connectivity index (χ0v) is 11.5. The van der Waals surface area contributed by atoms with Crippen LogP contribution in [0.1, 0.15) is 18.4 Å². The second-order valence-electron chi connectivity index (χ2n) is 4.71. The van der Waals surface area contributed by atoms with Crippen molar-refractivity contribution in [3.05, 3.63) is 18.0 Å². The summed E-state index contributed by atoms with van der Waals surface area (Å²) >= 11 is 3.58. The van der Waals surface area contributed by atoms with Crippen molar-refractivity contribution in [1.29, 1.82) is 0 Å². The van der Waals surface area contributed by atoms with Gasteiger partial charge < -0.3 is 4.90 Å². The number of aryl methyl sites for hydroxylation is 1. The lowest BCUT2D eigenvalue weighted by Gasteiger charge is -2.30. The highest BCUT2D eigenvalue weighted by atomic mass is 79.9. The number of rotatable bonds is 4. The number of halogens is 1. The smallest absolute Gasteiger partial charge is 0.0522 e. The molecule has 4 heteroatoms. The van der Waals surface area contributed by atoms with Crippen LogP contribution in [-0.4, -0.2) is 39.6 Å². The molecule has 1 aromatic rings. The summed E-state index contributed by atoms with van der Waals surface area (Å²) in [6.07, 6.45) is 7.92. The molecule has 0 aliphatic carbocycles. The van der Waals surface area contributed by atoms with Gasteiger partial charge in [-0.3, -0.25) is 4.68 Å². The highest BCUT2D eigenvalue weighted by Gasteiger charge is 2.17. The predicted molar refractivity (Wildman–Crippen MR) is 69.9 cm³/mol. The van der Waals surface area contributed by atoms with Gasteiger partial charge in [0.15, 0.2) is 0 Å². The average molecular weight is 286 g/mol. The predicted octanol–water partition coefficient (Wildman–Crippen LogP) is 2.07. The monoisotopic (exact) mass is 285 g/mol. The van der Waals surface area contributed by atoms with Gasteiger partial charge in [-0.15, -0.1) is 0 Å². The van der Waals surface area contributed by atoms with E-state index in [9.17, 15) is 0 Å². The molecule has 2 rings (SSSR count). The topological polar surface area (TPSA) is 21.1 Å². The van der Waals surface area contributed by atoms with Gasteiger partial charge >= 0.3 is 0 Å². The van der Waals surface area contributed by atoms with Gasteiger partial charge in [-0.1, -0.05) is 15.9 Å². The molecule has 0 amide bonds. The van der Waals surface area contributed by atoms with Crippen molar-refractivity contribution in [2.75, 3.05) is 25.0 Å². The Morgan fingerprint density at radius 1 is 1.44 bits per heavy atom. The SMILES string of the molecule is Cn1cc(CCN2CCC(CBr)CC2)cn1. The molecule has 2 heterocycles. The van der Waals surface area contributed by atoms with Crippen LogP contribution in [0.3, 0.4) is 0 Å². The number of hydrogen-bond acceptors (Lipinski definition) is 2. The maximum atomic E-state index is 4.20. The highest BCUT2D eigenvalue weighted by molar-refractivity contribution is 9.09. The summed E-state index contributed by atoms with van der Waals surface area (Å²) in [6.45, 7) is 3.70. The van der Waals surface area contributed by atoms with E-state index in [1.165, 1.54) is 43.4 Å². The van der Waals surface area contributed by atoms with E-state index >= 15 is 0 Å². The van der Waals surface area contributed by atoms with Crippen LogP contribution in [0.4, 0.5) is 0 Å². The first-order valence-corrected chi connectivity index (χ1v) is 7.16. The Hall–Kier alpha value is -0.350. The van der Waals surface area contributed by atoms with E-state index in [0.29, 0.717) is 0 Å². The lowest BCUT2D eigenvalue weighted by Crippen LogP contribution is -2.35. The second-order valence-corrected chi connectivity index (χ2v) is 5.36. The fraction of sp³-hybridized carbons (Fsp3) is 0.750. The zero-order chi connectivity index (χ0) is 11.4. The molecule has 0 N–H and O–H groups in total. The number of nitrogens with zero attached hydrogens (tertiary/aromatic N) is 3. The first-order valence-electron chi connectivity index (χ1n) is 6.04. The largest absolute Gasteiger partial charge is 0.303 e. The summed E-state index contributed by atoms with van der Waals surface area (Å²) in [4.78, 5) is 2.58. The molecule has 1 saturated heterocycles. The van der Waals surface area contributed by atoms with Crippen molar-refractivity contribution in [2.24, 2.45) is 13.0 Å². The van der Waals surface area contributed by atoms with Crippen molar-refractivity contribution >= 4 is 15.9 Å². The minimum Gasteiger partial charge on any atom is -0.303 e. The molecule has 16 heavy (non-hydrogen) atoms. The van der Waals surface area contributed by atoms with Gasteiger partial charge in [0.1, 0.15) is 0 Å². The van der Waals surface area contributed by atoms with Crippen LogP contribution < -0.4 is 0 Å². The minimum absolute atomic E-state index is 0.898. The molecule has 0 atom stereocenters. The number of aromatic nitrogens is 2. The third-order valence-corrected chi connectivity index (χ3v) is 4.32. The molecule has 0 bridgehead atoms. The van der Waals surface area contributed by atoms with Crippen LogP contribution in [0.5, 0.6) is 0 Å². The summed E-state index contributed by atoms with van der Waals surface area (Å²) in [5.74, 6) is 0.898. The molecule has 3 nitrogen and oxygen atoms in total. The molecule has 0 unspecified atom stereocenters. The Labute approximate surface area is 106 Å². The molecule has 1 aliphatic rings. The van der Waals surface area contributed by atoms with Crippen LogP contribution in [0.25, 0.3) is 0 Å². The van der Waals surface area contributed by atoms with Crippen LogP contribution >= 0.6 is 15.9 Å². The van der Waals surface area contributed by atoms with Crippen LogP contribution in [0.15, 0.2) is 12.4 Å². The molecule has 90 valence electrons. The van der Waals surface area contributed by atoms with E-state index < -0.39 is 0 Å². The summed E-state index contributed by atoms with van der Waals surface area (Å²) < 4.78 is 1.88. The normalized spacial score (nSPS) is 19.1. The fourth-order valence-electron chi connectivity index (χ4n) is 2.25. The van der Waals surface area contributed by atoms with E-state index in [1.807, 2.05) is 17.9 Å². The number of alkyl halides is 1. The summed E-state index contributed by atoms with van der Waals surface area (Å²) in [6, 6.07) is 0. The van der Waals surface area contributed by atoms with Crippen LogP contribution in [0, 0.1) is 5.92 Å². The third kappa shape index (κ3) is 3.32. The summed E-state index contributed by atoms with van der Waals surface area (Å²) in [5.41, 5.74) is 1.35. The van der Waals surface area contributed by atoms with E-state index in [2.05, 4.69) is 32.1 Å². The molecule has 1 aromatic heterocycles. The standard InChI is InChI=1S/C12H20BrN3/c1-15-10-12(9-14-15)4-7-16-5-2-11(8-13)3-6-16/h9-11H,2-8H2,1H3. The Morgan fingerprint density at radius 3 is 2.75 bits per heavy atom. The van der Waals surface area contributed by atoms with E-state index in [4.69, 9.17) is 0 Å². The quantitative estimate of drug-likeness (QED) is 0.790. The summed E-state index contributed by atoms with van der Waals surface area (Å²) in [7, 11) is 1.98. The second kappa shape index (κ2) is 5.82. The van der Waals surface area contributed by atoms with Gasteiger partial charge in [0.05, 0.1) is 6.20 Å². The first-order chi connectivity index (χ1) is 7.78. The molecular formula is C12H20BrN3. The molecular weight excluding hydrogens is 266 g/mol. The molecule has 0 radical (unpaired) electrons. The number of piperidine rings is 1. The Kier molecular flexibility index (Phi) is 4.41. The first kappa shape index (κ1) is 12.1. The highest BCUT2D eigenvalue weighted by Crippen LogP contribution is 2.19. The van der Waals surface area contributed by atoms with Gasteiger partial charge in [0, 0.05) is 25.1 Å². The Morgan fingerprint density at radius 2 is 2.19 bits per heavy atom. The Bertz CT molecular complexity index is 316. The minimum atomic E-state index is 0.898. The third-order valence-electron chi connectivity index (χ3n) is 3.40. The van der Waals surface area contributed by atoms with Gasteiger partial charge in [-0.25, -0.2) is 0 Å². The summed E-state index contributed by atoms with van der Waals surface area (Å²) in [5, 5.41) is 5.37. The number of hydrogen-bond donors (Lipinski definition) is 0. The van der Waals surface area contributed by atoms with Crippen molar-refractivity contribution < 1.29 is 0 Å². The van der Waals surface area contributed by atoms with Gasteiger partial charge in [0.25, 0.3) is 0 Å². The van der Waals surface area contributed by atoms with Crippen molar-refractivity contribution in [1.82, 2.24) is 14.7 Å². The van der Waals surface area contributed by atoms with Gasteiger partial charge in [-0.2, -0.15) is 5.10 Å². The van der Waals surface area contributed by atoms with Gasteiger partial charge in [0.2, 0.25) is 0 Å². The van der Waals surface area contributed by atoms with E-state index in [1.54, 1.807) is 0 Å². The molecule has 1 aliphatic heterocycles. The van der Waals surface area contributed by atoms with Crippen molar-refractivity contribution in [3.63, 3.8) is 0 Å². The Balaban J connectivity index is 1.71. The lowest BCUT2D eigenvalue weighted by molar-refractivity contribution is 0.197. The van der Waals surface area contributed by atoms with Crippen LogP contribution in [-0.2, 0) is 13.5 Å². The fourth-order valence-corrected chi connectivity index (χ4v) is 2.90. The molecule has 1 fully saturated rings. The molecule has 0 spiro atoms. The zero-order valence-electron chi connectivity index (χ0n) is 9.90.